The molecule has 1 fully saturated rings. The summed E-state index contributed by atoms with van der Waals surface area (Å²) in [6.07, 6.45) is 0.189. The third-order valence-corrected chi connectivity index (χ3v) is 5.88. The molecule has 2 heterocycles. The fourth-order valence-corrected chi connectivity index (χ4v) is 4.49. The minimum absolute atomic E-state index is 0.137. The molecule has 148 valence electrons. The van der Waals surface area contributed by atoms with Crippen LogP contribution in [0.5, 0.6) is 11.5 Å². The Morgan fingerprint density at radius 2 is 1.79 bits per heavy atom. The summed E-state index contributed by atoms with van der Waals surface area (Å²) >= 11 is 6.31. The van der Waals surface area contributed by atoms with E-state index in [-0.39, 0.29) is 24.0 Å². The summed E-state index contributed by atoms with van der Waals surface area (Å²) in [5.74, 6) is 2.41. The van der Waals surface area contributed by atoms with Gasteiger partial charge in [0.2, 0.25) is 0 Å². The molecule has 28 heavy (non-hydrogen) atoms. The monoisotopic (exact) mass is 399 g/mol. The smallest absolute Gasteiger partial charge is 0.307 e. The second kappa shape index (κ2) is 7.76. The highest BCUT2D eigenvalue weighted by atomic mass is 35.5. The van der Waals surface area contributed by atoms with Crippen molar-refractivity contribution in [1.82, 2.24) is 4.90 Å². The van der Waals surface area contributed by atoms with Crippen molar-refractivity contribution in [2.24, 2.45) is 5.92 Å². The molecule has 4 nitrogen and oxygen atoms in total. The lowest BCUT2D eigenvalue weighted by Gasteiger charge is -2.25. The van der Waals surface area contributed by atoms with Gasteiger partial charge >= 0.3 is 5.97 Å². The van der Waals surface area contributed by atoms with E-state index in [4.69, 9.17) is 21.1 Å². The Morgan fingerprint density at radius 3 is 2.54 bits per heavy atom. The summed E-state index contributed by atoms with van der Waals surface area (Å²) in [6, 6.07) is 14.0. The van der Waals surface area contributed by atoms with E-state index in [1.807, 2.05) is 51.1 Å². The van der Waals surface area contributed by atoms with Gasteiger partial charge in [0.25, 0.3) is 0 Å². The van der Waals surface area contributed by atoms with Crippen molar-refractivity contribution in [2.45, 2.75) is 45.3 Å². The summed E-state index contributed by atoms with van der Waals surface area (Å²) in [5, 5.41) is 0.710. The number of carbonyl (C=O) groups is 1. The van der Waals surface area contributed by atoms with E-state index in [2.05, 4.69) is 17.0 Å². The van der Waals surface area contributed by atoms with E-state index in [1.54, 1.807) is 0 Å². The largest absolute Gasteiger partial charge is 0.457 e. The number of benzene rings is 2. The average Bonchev–Trinajstić information content (AvgIpc) is 3.03. The number of hydrogen-bond acceptors (Lipinski definition) is 4. The topological polar surface area (TPSA) is 38.8 Å². The quantitative estimate of drug-likeness (QED) is 0.630. The zero-order valence-electron chi connectivity index (χ0n) is 16.5. The minimum Gasteiger partial charge on any atom is -0.457 e. The van der Waals surface area contributed by atoms with Crippen LogP contribution in [0.1, 0.15) is 50.2 Å². The SMILES string of the molecule is CC(C)CC(=O)OC(C)N1CC2c3ccccc3Oc3ccc(Cl)cc3C2C1. The van der Waals surface area contributed by atoms with Crippen LogP contribution in [0.3, 0.4) is 0 Å². The van der Waals surface area contributed by atoms with Crippen LogP contribution in [0.15, 0.2) is 42.5 Å². The van der Waals surface area contributed by atoms with Gasteiger partial charge < -0.3 is 9.47 Å². The molecule has 0 bridgehead atoms. The lowest BCUT2D eigenvalue weighted by Crippen LogP contribution is -2.35. The molecule has 0 aliphatic carbocycles. The molecular formula is C23H26ClNO3. The summed E-state index contributed by atoms with van der Waals surface area (Å²) in [6.45, 7) is 7.62. The molecule has 3 unspecified atom stereocenters. The summed E-state index contributed by atoms with van der Waals surface area (Å²) in [7, 11) is 0. The summed E-state index contributed by atoms with van der Waals surface area (Å²) in [5.41, 5.74) is 2.32. The third kappa shape index (κ3) is 3.76. The number of nitrogens with zero attached hydrogens (tertiary/aromatic N) is 1. The van der Waals surface area contributed by atoms with Gasteiger partial charge in [-0.1, -0.05) is 43.6 Å². The van der Waals surface area contributed by atoms with Crippen LogP contribution in [0.25, 0.3) is 0 Å². The molecule has 0 spiro atoms. The molecule has 2 aromatic rings. The van der Waals surface area contributed by atoms with Crippen molar-refractivity contribution in [3.8, 4) is 11.5 Å². The van der Waals surface area contributed by atoms with Crippen LogP contribution < -0.4 is 4.74 Å². The van der Waals surface area contributed by atoms with Crippen molar-refractivity contribution in [3.05, 3.63) is 58.6 Å². The van der Waals surface area contributed by atoms with Gasteiger partial charge in [-0.3, -0.25) is 9.69 Å². The Balaban J connectivity index is 1.63. The van der Waals surface area contributed by atoms with E-state index in [1.165, 1.54) is 5.56 Å². The molecule has 2 aromatic carbocycles. The van der Waals surface area contributed by atoms with Crippen LogP contribution in [0.4, 0.5) is 0 Å². The molecule has 3 atom stereocenters. The highest BCUT2D eigenvalue weighted by Crippen LogP contribution is 2.50. The average molecular weight is 400 g/mol. The molecule has 2 aliphatic rings. The Bertz CT molecular complexity index is 882. The molecule has 0 amide bonds. The van der Waals surface area contributed by atoms with Gasteiger partial charge in [-0.2, -0.15) is 0 Å². The second-order valence-corrected chi connectivity index (χ2v) is 8.61. The predicted molar refractivity (Wildman–Crippen MR) is 110 cm³/mol. The standard InChI is InChI=1S/C23H26ClNO3/c1-14(2)10-23(26)27-15(3)25-12-19-17-6-4-5-7-21(17)28-22-9-8-16(24)11-18(22)20(19)13-25/h4-9,11,14-15,19-20H,10,12-13H2,1-3H3. The van der Waals surface area contributed by atoms with E-state index in [0.29, 0.717) is 17.4 Å². The lowest BCUT2D eigenvalue weighted by molar-refractivity contribution is -0.157. The molecule has 4 rings (SSSR count). The maximum atomic E-state index is 12.1. The van der Waals surface area contributed by atoms with Crippen LogP contribution in [-0.2, 0) is 9.53 Å². The fourth-order valence-electron chi connectivity index (χ4n) is 4.31. The maximum absolute atomic E-state index is 12.1. The van der Waals surface area contributed by atoms with Crippen molar-refractivity contribution in [1.29, 1.82) is 0 Å². The first-order chi connectivity index (χ1) is 13.4. The van der Waals surface area contributed by atoms with Gasteiger partial charge in [0.15, 0.2) is 6.23 Å². The van der Waals surface area contributed by atoms with Gasteiger partial charge in [-0.15, -0.1) is 0 Å². The van der Waals surface area contributed by atoms with Crippen LogP contribution in [0.2, 0.25) is 5.02 Å². The zero-order chi connectivity index (χ0) is 19.8. The number of para-hydroxylation sites is 1. The Morgan fingerprint density at radius 1 is 1.11 bits per heavy atom. The van der Waals surface area contributed by atoms with Crippen molar-refractivity contribution < 1.29 is 14.3 Å². The molecular weight excluding hydrogens is 374 g/mol. The molecule has 1 saturated heterocycles. The van der Waals surface area contributed by atoms with Crippen molar-refractivity contribution in [3.63, 3.8) is 0 Å². The van der Waals surface area contributed by atoms with Gasteiger partial charge in [0, 0.05) is 41.9 Å². The maximum Gasteiger partial charge on any atom is 0.307 e. The highest BCUT2D eigenvalue weighted by molar-refractivity contribution is 6.30. The van der Waals surface area contributed by atoms with Crippen LogP contribution >= 0.6 is 11.6 Å². The minimum atomic E-state index is -0.256. The van der Waals surface area contributed by atoms with E-state index in [9.17, 15) is 4.79 Å². The van der Waals surface area contributed by atoms with Crippen molar-refractivity contribution in [2.75, 3.05) is 13.1 Å². The first-order valence-corrected chi connectivity index (χ1v) is 10.3. The molecule has 2 aliphatic heterocycles. The summed E-state index contributed by atoms with van der Waals surface area (Å²) < 4.78 is 11.9. The van der Waals surface area contributed by atoms with Crippen LogP contribution in [0, 0.1) is 5.92 Å². The number of carbonyl (C=O) groups excluding carboxylic acids is 1. The van der Waals surface area contributed by atoms with Gasteiger partial charge in [0.1, 0.15) is 11.5 Å². The molecule has 0 radical (unpaired) electrons. The first-order valence-electron chi connectivity index (χ1n) is 9.92. The van der Waals surface area contributed by atoms with E-state index < -0.39 is 0 Å². The number of likely N-dealkylation sites (tertiary alicyclic amines) is 1. The number of esters is 1. The zero-order valence-corrected chi connectivity index (χ0v) is 17.3. The fraction of sp³-hybridized carbons (Fsp3) is 0.435. The number of rotatable bonds is 4. The van der Waals surface area contributed by atoms with E-state index >= 15 is 0 Å². The van der Waals surface area contributed by atoms with Gasteiger partial charge in [-0.05, 0) is 42.7 Å². The number of hydrogen-bond donors (Lipinski definition) is 0. The second-order valence-electron chi connectivity index (χ2n) is 8.18. The number of ether oxygens (including phenoxy) is 2. The third-order valence-electron chi connectivity index (χ3n) is 5.65. The Kier molecular flexibility index (Phi) is 5.35. The first kappa shape index (κ1) is 19.3. The highest BCUT2D eigenvalue weighted by Gasteiger charge is 2.41. The molecule has 0 N–H and O–H groups in total. The Labute approximate surface area is 171 Å². The Hall–Kier alpha value is -2.04. The predicted octanol–water partition coefficient (Wildman–Crippen LogP) is 5.56. The number of fused-ring (bicyclic) bond motifs is 5. The molecule has 0 aromatic heterocycles. The van der Waals surface area contributed by atoms with Crippen LogP contribution in [-0.4, -0.2) is 30.2 Å². The van der Waals surface area contributed by atoms with Crippen molar-refractivity contribution >= 4 is 17.6 Å². The molecule has 0 saturated carbocycles. The lowest BCUT2D eigenvalue weighted by atomic mass is 9.84. The normalized spacial score (nSPS) is 21.9. The summed E-state index contributed by atoms with van der Waals surface area (Å²) in [4.78, 5) is 14.4. The van der Waals surface area contributed by atoms with Gasteiger partial charge in [-0.25, -0.2) is 0 Å². The molecule has 5 heteroatoms. The number of halogens is 1. The van der Waals surface area contributed by atoms with Gasteiger partial charge in [0.05, 0.1) is 0 Å². The van der Waals surface area contributed by atoms with E-state index in [0.717, 1.165) is 30.2 Å².